The van der Waals surface area contributed by atoms with Crippen molar-refractivity contribution >= 4 is 23.2 Å². The van der Waals surface area contributed by atoms with E-state index in [-0.39, 0.29) is 30.5 Å². The molecule has 0 bridgehead atoms. The minimum atomic E-state index is -1.11. The van der Waals surface area contributed by atoms with E-state index in [1.165, 1.54) is 6.92 Å². The molecule has 0 spiro atoms. The summed E-state index contributed by atoms with van der Waals surface area (Å²) in [4.78, 5) is 23.1. The minimum Gasteiger partial charge on any atom is -0.378 e. The molecule has 0 saturated carbocycles. The van der Waals surface area contributed by atoms with Crippen LogP contribution < -0.4 is 10.6 Å². The number of hydrogen-bond acceptors (Lipinski definition) is 3. The van der Waals surface area contributed by atoms with E-state index in [4.69, 9.17) is 4.74 Å². The van der Waals surface area contributed by atoms with Gasteiger partial charge in [0.2, 0.25) is 11.8 Å². The highest BCUT2D eigenvalue weighted by atomic mass is 19.2. The molecule has 1 aromatic carbocycles. The first kappa shape index (κ1) is 20.0. The average molecular weight is 342 g/mol. The smallest absolute Gasteiger partial charge is 0.226 e. The fourth-order valence-electron chi connectivity index (χ4n) is 2.24. The van der Waals surface area contributed by atoms with Crippen LogP contribution in [-0.4, -0.2) is 24.5 Å². The predicted molar refractivity (Wildman–Crippen MR) is 88.8 cm³/mol. The van der Waals surface area contributed by atoms with Crippen LogP contribution in [-0.2, 0) is 14.3 Å². The van der Waals surface area contributed by atoms with Gasteiger partial charge in [-0.25, -0.2) is 8.78 Å². The number of anilines is 2. The number of carbonyl (C=O) groups excluding carboxylic acids is 2. The van der Waals surface area contributed by atoms with Gasteiger partial charge >= 0.3 is 0 Å². The average Bonchev–Trinajstić information content (AvgIpc) is 2.42. The summed E-state index contributed by atoms with van der Waals surface area (Å²) in [5, 5.41) is 4.81. The molecule has 7 heteroatoms. The molecule has 5 nitrogen and oxygen atoms in total. The van der Waals surface area contributed by atoms with Gasteiger partial charge in [0, 0.05) is 19.1 Å². The third kappa shape index (κ3) is 7.04. The van der Waals surface area contributed by atoms with Crippen LogP contribution in [0.1, 0.15) is 40.5 Å². The third-order valence-electron chi connectivity index (χ3n) is 3.18. The molecule has 0 aliphatic carbocycles. The van der Waals surface area contributed by atoms with Crippen LogP contribution >= 0.6 is 0 Å². The van der Waals surface area contributed by atoms with Crippen molar-refractivity contribution < 1.29 is 23.1 Å². The number of nitrogens with one attached hydrogen (secondary N) is 2. The van der Waals surface area contributed by atoms with Gasteiger partial charge in [0.25, 0.3) is 0 Å². The van der Waals surface area contributed by atoms with E-state index in [0.29, 0.717) is 5.92 Å². The van der Waals surface area contributed by atoms with Gasteiger partial charge in [0.05, 0.1) is 30.5 Å². The standard InChI is InChI=1S/C17H24F2N2O3/c1-10(2)7-11(3)24-6-5-17(23)21-16-9-14(19)13(18)8-15(16)20-12(4)22/h8-11H,5-7H2,1-4H3,(H,20,22)(H,21,23)/t11-/m1/s1. The number of amides is 2. The Morgan fingerprint density at radius 1 is 1.08 bits per heavy atom. The zero-order valence-corrected chi connectivity index (χ0v) is 14.4. The second-order valence-electron chi connectivity index (χ2n) is 6.10. The van der Waals surface area contributed by atoms with Gasteiger partial charge in [-0.2, -0.15) is 0 Å². The Morgan fingerprint density at radius 3 is 2.12 bits per heavy atom. The normalized spacial score (nSPS) is 12.1. The second kappa shape index (κ2) is 9.32. The maximum absolute atomic E-state index is 13.4. The highest BCUT2D eigenvalue weighted by Crippen LogP contribution is 2.25. The van der Waals surface area contributed by atoms with E-state index in [9.17, 15) is 18.4 Å². The van der Waals surface area contributed by atoms with Crippen LogP contribution in [0.2, 0.25) is 0 Å². The van der Waals surface area contributed by atoms with Crippen molar-refractivity contribution in [1.29, 1.82) is 0 Å². The Kier molecular flexibility index (Phi) is 7.78. The lowest BCUT2D eigenvalue weighted by atomic mass is 10.1. The molecule has 0 unspecified atom stereocenters. The van der Waals surface area contributed by atoms with E-state index in [1.807, 2.05) is 6.92 Å². The van der Waals surface area contributed by atoms with Crippen LogP contribution in [0.3, 0.4) is 0 Å². The number of ether oxygens (including phenoxy) is 1. The van der Waals surface area contributed by atoms with Crippen LogP contribution in [0, 0.1) is 17.6 Å². The lowest BCUT2D eigenvalue weighted by Crippen LogP contribution is -2.19. The van der Waals surface area contributed by atoms with Gasteiger partial charge in [-0.05, 0) is 19.3 Å². The lowest BCUT2D eigenvalue weighted by Gasteiger charge is -2.15. The van der Waals surface area contributed by atoms with E-state index < -0.39 is 23.4 Å². The summed E-state index contributed by atoms with van der Waals surface area (Å²) in [6.07, 6.45) is 0.995. The van der Waals surface area contributed by atoms with Crippen molar-refractivity contribution in [2.75, 3.05) is 17.2 Å². The molecule has 1 atom stereocenters. The van der Waals surface area contributed by atoms with Crippen molar-refractivity contribution in [2.45, 2.75) is 46.6 Å². The summed E-state index contributed by atoms with van der Waals surface area (Å²) in [5.74, 6) is -2.59. The number of hydrogen-bond donors (Lipinski definition) is 2. The minimum absolute atomic E-state index is 0.00356. The summed E-state index contributed by atoms with van der Waals surface area (Å²) < 4.78 is 32.2. The van der Waals surface area contributed by atoms with Crippen molar-refractivity contribution in [3.05, 3.63) is 23.8 Å². The SMILES string of the molecule is CC(=O)Nc1cc(F)c(F)cc1NC(=O)CCO[C@H](C)CC(C)C. The Labute approximate surface area is 140 Å². The Hall–Kier alpha value is -2.02. The molecule has 0 fully saturated rings. The second-order valence-corrected chi connectivity index (χ2v) is 6.10. The van der Waals surface area contributed by atoms with E-state index >= 15 is 0 Å². The molecule has 24 heavy (non-hydrogen) atoms. The van der Waals surface area contributed by atoms with Crippen molar-refractivity contribution in [2.24, 2.45) is 5.92 Å². The summed E-state index contributed by atoms with van der Waals surface area (Å²) in [6.45, 7) is 7.55. The largest absolute Gasteiger partial charge is 0.378 e. The highest BCUT2D eigenvalue weighted by Gasteiger charge is 2.14. The molecule has 1 rings (SSSR count). The first-order valence-corrected chi connectivity index (χ1v) is 7.87. The fraction of sp³-hybridized carbons (Fsp3) is 0.529. The summed E-state index contributed by atoms with van der Waals surface area (Å²) in [5.41, 5.74) is 0.00757. The quantitative estimate of drug-likeness (QED) is 0.757. The number of carbonyl (C=O) groups is 2. The third-order valence-corrected chi connectivity index (χ3v) is 3.18. The summed E-state index contributed by atoms with van der Waals surface area (Å²) in [6, 6.07) is 1.66. The molecule has 1 aromatic rings. The molecule has 2 N–H and O–H groups in total. The first-order valence-electron chi connectivity index (χ1n) is 7.87. The monoisotopic (exact) mass is 342 g/mol. The Bertz CT molecular complexity index is 591. The van der Waals surface area contributed by atoms with E-state index in [1.54, 1.807) is 0 Å². The number of benzene rings is 1. The van der Waals surface area contributed by atoms with Gasteiger partial charge < -0.3 is 15.4 Å². The molecule has 0 aromatic heterocycles. The van der Waals surface area contributed by atoms with Crippen molar-refractivity contribution in [3.8, 4) is 0 Å². The van der Waals surface area contributed by atoms with Crippen LogP contribution in [0.4, 0.5) is 20.2 Å². The molecule has 0 aliphatic rings. The zero-order valence-electron chi connectivity index (χ0n) is 14.4. The Balaban J connectivity index is 2.63. The Morgan fingerprint density at radius 2 is 1.62 bits per heavy atom. The summed E-state index contributed by atoms with van der Waals surface area (Å²) in [7, 11) is 0. The van der Waals surface area contributed by atoms with Gasteiger partial charge in [-0.1, -0.05) is 13.8 Å². The maximum atomic E-state index is 13.4. The topological polar surface area (TPSA) is 67.4 Å². The van der Waals surface area contributed by atoms with Crippen molar-refractivity contribution in [1.82, 2.24) is 0 Å². The molecule has 0 saturated heterocycles. The van der Waals surface area contributed by atoms with Crippen LogP contribution in [0.15, 0.2) is 12.1 Å². The van der Waals surface area contributed by atoms with Gasteiger partial charge in [0.15, 0.2) is 11.6 Å². The van der Waals surface area contributed by atoms with Crippen LogP contribution in [0.5, 0.6) is 0 Å². The van der Waals surface area contributed by atoms with Gasteiger partial charge in [-0.3, -0.25) is 9.59 Å². The molecular formula is C17H24F2N2O3. The molecule has 2 amide bonds. The first-order chi connectivity index (χ1) is 11.2. The van der Waals surface area contributed by atoms with Crippen molar-refractivity contribution in [3.63, 3.8) is 0 Å². The molecule has 0 aliphatic heterocycles. The summed E-state index contributed by atoms with van der Waals surface area (Å²) >= 11 is 0. The fourth-order valence-corrected chi connectivity index (χ4v) is 2.24. The predicted octanol–water partition coefficient (Wildman–Crippen LogP) is 3.70. The van der Waals surface area contributed by atoms with Gasteiger partial charge in [-0.15, -0.1) is 0 Å². The lowest BCUT2D eigenvalue weighted by molar-refractivity contribution is -0.118. The van der Waals surface area contributed by atoms with E-state index in [0.717, 1.165) is 18.6 Å². The number of rotatable bonds is 8. The molecule has 0 radical (unpaired) electrons. The molecule has 134 valence electrons. The molecule has 0 heterocycles. The zero-order chi connectivity index (χ0) is 18.3. The maximum Gasteiger partial charge on any atom is 0.226 e. The van der Waals surface area contributed by atoms with Crippen LogP contribution in [0.25, 0.3) is 0 Å². The highest BCUT2D eigenvalue weighted by molar-refractivity contribution is 5.98. The van der Waals surface area contributed by atoms with Gasteiger partial charge in [0.1, 0.15) is 0 Å². The van der Waals surface area contributed by atoms with E-state index in [2.05, 4.69) is 24.5 Å². The number of halogens is 2. The molecular weight excluding hydrogens is 318 g/mol.